The van der Waals surface area contributed by atoms with Crippen LogP contribution in [-0.2, 0) is 14.2 Å². The normalized spacial score (nSPS) is 18.3. The van der Waals surface area contributed by atoms with E-state index in [1.165, 1.54) is 13.2 Å². The van der Waals surface area contributed by atoms with Gasteiger partial charge in [0.1, 0.15) is 54.5 Å². The minimum absolute atomic E-state index is 0.0654. The second-order valence-electron chi connectivity index (χ2n) is 22.1. The summed E-state index contributed by atoms with van der Waals surface area (Å²) in [5, 5.41) is 7.61. The van der Waals surface area contributed by atoms with Crippen molar-refractivity contribution in [2.24, 2.45) is 0 Å². The number of nitrogens with zero attached hydrogens (tertiary/aromatic N) is 6. The Morgan fingerprint density at radius 2 is 1.55 bits per heavy atom. The predicted octanol–water partition coefficient (Wildman–Crippen LogP) is 9.44. The highest BCUT2D eigenvalue weighted by Crippen LogP contribution is 2.43. The number of fused-ring (bicyclic) bond motifs is 4. The van der Waals surface area contributed by atoms with E-state index in [-0.39, 0.29) is 76.5 Å². The maximum absolute atomic E-state index is 18.1. The first kappa shape index (κ1) is 53.4. The SMILES string of the molecule is COCOc1cc(-c2ncc3c(N4CC5CCC(C4)N5C(=O)OC(C)(C)C)nc(OC[C@@H](CN4CCNCC4)NC(=O)OC(C)(C)C)nc3c2F)c2c(C#C[Si](C(C)C)(C(C)C)C(C)C)c(F)ccc2c1. The minimum Gasteiger partial charge on any atom is -0.468 e. The number of piperazine rings is 2. The van der Waals surface area contributed by atoms with Gasteiger partial charge in [0.25, 0.3) is 0 Å². The van der Waals surface area contributed by atoms with Gasteiger partial charge in [0.05, 0.1) is 29.1 Å². The lowest BCUT2D eigenvalue weighted by Gasteiger charge is -2.42. The molecule has 0 spiro atoms. The number of ether oxygens (including phenoxy) is 5. The molecule has 3 aliphatic heterocycles. The molecule has 5 heterocycles. The zero-order chi connectivity index (χ0) is 51.6. The number of hydrogen-bond donors (Lipinski definition) is 2. The lowest BCUT2D eigenvalue weighted by atomic mass is 9.95. The van der Waals surface area contributed by atoms with Crippen LogP contribution in [0.15, 0.2) is 30.5 Å². The number of methoxy groups -OCH3 is 1. The van der Waals surface area contributed by atoms with Crippen LogP contribution in [0.4, 0.5) is 24.2 Å². The van der Waals surface area contributed by atoms with Gasteiger partial charge in [-0.2, -0.15) is 9.97 Å². The maximum atomic E-state index is 18.1. The monoisotopic (exact) mass is 1000 g/mol. The molecule has 2 aromatic heterocycles. The van der Waals surface area contributed by atoms with E-state index in [1.807, 2.05) is 30.6 Å². The Morgan fingerprint density at radius 3 is 2.15 bits per heavy atom. The van der Waals surface area contributed by atoms with E-state index >= 15 is 8.78 Å². The molecule has 2 amide bonds. The molecule has 3 atom stereocenters. The number of halogens is 2. The molecule has 0 radical (unpaired) electrons. The van der Waals surface area contributed by atoms with Gasteiger partial charge in [0.15, 0.2) is 12.6 Å². The lowest BCUT2D eigenvalue weighted by molar-refractivity contribution is 0.0122. The van der Waals surface area contributed by atoms with E-state index in [0.717, 1.165) is 39.0 Å². The van der Waals surface area contributed by atoms with Crippen molar-refractivity contribution in [3.63, 3.8) is 0 Å². The molecule has 0 aliphatic carbocycles. The first-order chi connectivity index (χ1) is 33.5. The van der Waals surface area contributed by atoms with E-state index in [2.05, 4.69) is 68.5 Å². The Morgan fingerprint density at radius 1 is 0.901 bits per heavy atom. The molecule has 3 aliphatic rings. The Hall–Kier alpha value is -5.35. The number of carbonyl (C=O) groups excluding carboxylic acids is 2. The average Bonchev–Trinajstić information content (AvgIpc) is 3.56. The lowest BCUT2D eigenvalue weighted by Crippen LogP contribution is -2.57. The number of alkyl carbamates (subject to hydrolysis) is 1. The van der Waals surface area contributed by atoms with Gasteiger partial charge >= 0.3 is 18.2 Å². The van der Waals surface area contributed by atoms with Gasteiger partial charge in [-0.1, -0.05) is 53.5 Å². The molecule has 0 saturated carbocycles. The number of carbonyl (C=O) groups is 2. The van der Waals surface area contributed by atoms with Crippen molar-refractivity contribution >= 4 is 47.8 Å². The summed E-state index contributed by atoms with van der Waals surface area (Å²) in [5.41, 5.74) is 3.34. The van der Waals surface area contributed by atoms with E-state index in [1.54, 1.807) is 45.2 Å². The zero-order valence-electron chi connectivity index (χ0n) is 43.9. The van der Waals surface area contributed by atoms with E-state index in [9.17, 15) is 9.59 Å². The molecule has 3 saturated heterocycles. The third-order valence-electron chi connectivity index (χ3n) is 13.8. The highest BCUT2D eigenvalue weighted by atomic mass is 28.3. The first-order valence-corrected chi connectivity index (χ1v) is 27.3. The fraction of sp³-hybridized carbons (Fsp3) is 0.604. The van der Waals surface area contributed by atoms with Crippen LogP contribution in [0.1, 0.15) is 101 Å². The summed E-state index contributed by atoms with van der Waals surface area (Å²) in [6, 6.07) is 5.34. The number of rotatable bonds is 14. The molecular formula is C53H74F2N8O7Si. The van der Waals surface area contributed by atoms with Crippen molar-refractivity contribution < 1.29 is 42.1 Å². The second kappa shape index (κ2) is 21.8. The molecule has 18 heteroatoms. The van der Waals surface area contributed by atoms with Crippen molar-refractivity contribution in [1.82, 2.24) is 35.4 Å². The molecule has 15 nitrogen and oxygen atoms in total. The van der Waals surface area contributed by atoms with Crippen LogP contribution < -0.4 is 25.0 Å². The molecule has 71 heavy (non-hydrogen) atoms. The van der Waals surface area contributed by atoms with Crippen molar-refractivity contribution in [3.8, 4) is 34.5 Å². The molecule has 4 aromatic rings. The summed E-state index contributed by atoms with van der Waals surface area (Å²) in [6.07, 6.45) is 2.07. The van der Waals surface area contributed by atoms with Crippen molar-refractivity contribution in [3.05, 3.63) is 47.7 Å². The van der Waals surface area contributed by atoms with Crippen LogP contribution in [0.5, 0.6) is 11.8 Å². The third kappa shape index (κ3) is 12.1. The highest BCUT2D eigenvalue weighted by molar-refractivity contribution is 6.90. The van der Waals surface area contributed by atoms with Crippen molar-refractivity contribution in [1.29, 1.82) is 0 Å². The van der Waals surface area contributed by atoms with Crippen LogP contribution in [-0.4, -0.2) is 141 Å². The van der Waals surface area contributed by atoms with Crippen LogP contribution >= 0.6 is 0 Å². The summed E-state index contributed by atoms with van der Waals surface area (Å²) in [5.74, 6) is 2.74. The number of nitrogens with one attached hydrogen (secondary N) is 2. The number of benzene rings is 2. The van der Waals surface area contributed by atoms with Gasteiger partial charge in [0.2, 0.25) is 0 Å². The molecular weight excluding hydrogens is 927 g/mol. The summed E-state index contributed by atoms with van der Waals surface area (Å²) in [4.78, 5) is 47.3. The van der Waals surface area contributed by atoms with Gasteiger partial charge in [-0.05, 0) is 94.6 Å². The van der Waals surface area contributed by atoms with Crippen molar-refractivity contribution in [2.45, 2.75) is 142 Å². The molecule has 7 rings (SSSR count). The predicted molar refractivity (Wildman–Crippen MR) is 276 cm³/mol. The summed E-state index contributed by atoms with van der Waals surface area (Å²) >= 11 is 0. The minimum atomic E-state index is -2.36. The van der Waals surface area contributed by atoms with Gasteiger partial charge in [0, 0.05) is 70.1 Å². The number of anilines is 1. The standard InChI is InChI=1S/C53H74F2N8O7Si/c1-32(2)71(33(3)4,34(5)6)23-18-40-43(54)17-14-35-24-39(68-31-66-13)25-41(44(35)40)46-45(55)47-42(26-57-46)48(62-28-37-15-16-38(29-62)63(37)51(65)70-53(10,11)12)60-49(59-47)67-30-36(27-61-21-19-56-20-22-61)58-50(64)69-52(7,8)9/h14,17,24-26,32-34,36-38,56H,15-16,19-22,27-31H2,1-13H3,(H,58,64)/t36-,37?,38?/m1/s1. The summed E-state index contributed by atoms with van der Waals surface area (Å²) < 4.78 is 63.7. The Labute approximate surface area is 419 Å². The number of hydrogen-bond acceptors (Lipinski definition) is 13. The van der Waals surface area contributed by atoms with Gasteiger partial charge in [-0.15, -0.1) is 5.54 Å². The first-order valence-electron chi connectivity index (χ1n) is 25.1. The molecule has 3 fully saturated rings. The van der Waals surface area contributed by atoms with Crippen LogP contribution in [0.2, 0.25) is 16.6 Å². The number of aromatic nitrogens is 3. The zero-order valence-corrected chi connectivity index (χ0v) is 44.9. The fourth-order valence-electron chi connectivity index (χ4n) is 10.7. The molecule has 2 aromatic carbocycles. The van der Waals surface area contributed by atoms with E-state index < -0.39 is 43.0 Å². The van der Waals surface area contributed by atoms with E-state index in [4.69, 9.17) is 38.6 Å². The molecule has 386 valence electrons. The van der Waals surface area contributed by atoms with Gasteiger partial charge in [-0.3, -0.25) is 14.8 Å². The van der Waals surface area contributed by atoms with E-state index in [0.29, 0.717) is 47.4 Å². The maximum Gasteiger partial charge on any atom is 0.410 e. The smallest absolute Gasteiger partial charge is 0.410 e. The molecule has 2 N–H and O–H groups in total. The van der Waals surface area contributed by atoms with Crippen LogP contribution in [0, 0.1) is 23.1 Å². The second-order valence-corrected chi connectivity index (χ2v) is 27.7. The number of pyridine rings is 1. The van der Waals surface area contributed by atoms with Crippen molar-refractivity contribution in [2.75, 3.05) is 71.2 Å². The van der Waals surface area contributed by atoms with Crippen LogP contribution in [0.25, 0.3) is 32.9 Å². The molecule has 2 unspecified atom stereocenters. The van der Waals surface area contributed by atoms with Gasteiger partial charge < -0.3 is 39.2 Å². The Bertz CT molecular complexity index is 2600. The topological polar surface area (TPSA) is 153 Å². The molecule has 2 bridgehead atoms. The Kier molecular flexibility index (Phi) is 16.4. The largest absolute Gasteiger partial charge is 0.468 e. The fourth-order valence-corrected chi connectivity index (χ4v) is 15.9. The summed E-state index contributed by atoms with van der Waals surface area (Å²) in [6.45, 7) is 28.3. The Balaban J connectivity index is 1.38. The van der Waals surface area contributed by atoms with Crippen LogP contribution in [0.3, 0.4) is 0 Å². The highest BCUT2D eigenvalue weighted by Gasteiger charge is 2.46. The third-order valence-corrected chi connectivity index (χ3v) is 20.1. The van der Waals surface area contributed by atoms with Gasteiger partial charge in [-0.25, -0.2) is 18.4 Å². The number of amides is 2. The quantitative estimate of drug-likeness (QED) is 0.0702. The average molecular weight is 1000 g/mol. The summed E-state index contributed by atoms with van der Waals surface area (Å²) in [7, 11) is -0.852.